The summed E-state index contributed by atoms with van der Waals surface area (Å²) < 4.78 is 18.9. The Morgan fingerprint density at radius 2 is 1.85 bits per heavy atom. The first kappa shape index (κ1) is 18.0. The maximum absolute atomic E-state index is 5.87. The molecule has 0 aliphatic carbocycles. The van der Waals surface area contributed by atoms with Gasteiger partial charge in [0.05, 0.1) is 6.61 Å². The molecule has 1 aliphatic heterocycles. The summed E-state index contributed by atoms with van der Waals surface area (Å²) in [5.74, 6) is 3.85. The van der Waals surface area contributed by atoms with Gasteiger partial charge < -0.3 is 18.8 Å². The standard InChI is InChI=1S/C19H18ClN3O3S/c1-23-18(13-2-7-16-17(12-13)26-9-8-25-16)21-22-19(23)27-11-10-24-15-5-3-14(20)4-6-15/h2-7,12H,8-11H2,1H3. The molecule has 0 atom stereocenters. The summed E-state index contributed by atoms with van der Waals surface area (Å²) >= 11 is 7.47. The van der Waals surface area contributed by atoms with Crippen molar-refractivity contribution in [1.82, 2.24) is 14.8 Å². The Morgan fingerprint density at radius 1 is 1.07 bits per heavy atom. The summed E-state index contributed by atoms with van der Waals surface area (Å²) in [7, 11) is 1.95. The number of aromatic nitrogens is 3. The Balaban J connectivity index is 1.38. The lowest BCUT2D eigenvalue weighted by Gasteiger charge is -2.18. The molecule has 0 spiro atoms. The van der Waals surface area contributed by atoms with Gasteiger partial charge in [-0.3, -0.25) is 0 Å². The first-order valence-corrected chi connectivity index (χ1v) is 9.87. The van der Waals surface area contributed by atoms with Crippen LogP contribution in [-0.4, -0.2) is 40.3 Å². The molecule has 0 saturated heterocycles. The van der Waals surface area contributed by atoms with Crippen LogP contribution in [0.5, 0.6) is 17.2 Å². The molecule has 8 heteroatoms. The van der Waals surface area contributed by atoms with Crippen molar-refractivity contribution in [1.29, 1.82) is 0 Å². The lowest BCUT2D eigenvalue weighted by atomic mass is 10.2. The zero-order valence-corrected chi connectivity index (χ0v) is 16.3. The summed E-state index contributed by atoms with van der Waals surface area (Å²) in [6, 6.07) is 13.2. The highest BCUT2D eigenvalue weighted by Gasteiger charge is 2.16. The predicted molar refractivity (Wildman–Crippen MR) is 105 cm³/mol. The van der Waals surface area contributed by atoms with Crippen molar-refractivity contribution in [2.24, 2.45) is 7.05 Å². The van der Waals surface area contributed by atoms with Gasteiger partial charge in [0.25, 0.3) is 0 Å². The minimum absolute atomic E-state index is 0.560. The smallest absolute Gasteiger partial charge is 0.191 e. The van der Waals surface area contributed by atoms with E-state index in [1.54, 1.807) is 11.8 Å². The molecule has 27 heavy (non-hydrogen) atoms. The molecule has 1 aromatic heterocycles. The number of halogens is 1. The highest BCUT2D eigenvalue weighted by Crippen LogP contribution is 2.34. The fourth-order valence-electron chi connectivity index (χ4n) is 2.70. The molecular formula is C19H18ClN3O3S. The molecule has 140 valence electrons. The average molecular weight is 404 g/mol. The minimum Gasteiger partial charge on any atom is -0.493 e. The van der Waals surface area contributed by atoms with E-state index >= 15 is 0 Å². The van der Waals surface area contributed by atoms with Gasteiger partial charge in [-0.15, -0.1) is 10.2 Å². The number of fused-ring (bicyclic) bond motifs is 1. The van der Waals surface area contributed by atoms with Gasteiger partial charge in [0.1, 0.15) is 19.0 Å². The maximum atomic E-state index is 5.87. The molecular weight excluding hydrogens is 386 g/mol. The first-order valence-electron chi connectivity index (χ1n) is 8.51. The Morgan fingerprint density at radius 3 is 2.67 bits per heavy atom. The molecule has 0 amide bonds. The van der Waals surface area contributed by atoms with Gasteiger partial charge in [-0.2, -0.15) is 0 Å². The van der Waals surface area contributed by atoms with E-state index in [0.29, 0.717) is 24.8 Å². The SMILES string of the molecule is Cn1c(SCCOc2ccc(Cl)cc2)nnc1-c1ccc2c(c1)OCCO2. The van der Waals surface area contributed by atoms with Crippen LogP contribution >= 0.6 is 23.4 Å². The predicted octanol–water partition coefficient (Wildman–Crippen LogP) is 4.08. The van der Waals surface area contributed by atoms with E-state index in [1.165, 1.54) is 0 Å². The summed E-state index contributed by atoms with van der Waals surface area (Å²) in [6.45, 7) is 1.71. The molecule has 2 aromatic carbocycles. The van der Waals surface area contributed by atoms with Crippen LogP contribution in [0.2, 0.25) is 5.02 Å². The Hall–Kier alpha value is -2.38. The second-order valence-corrected chi connectivity index (χ2v) is 7.37. The van der Waals surface area contributed by atoms with E-state index < -0.39 is 0 Å². The zero-order chi connectivity index (χ0) is 18.6. The molecule has 0 fully saturated rings. The number of ether oxygens (including phenoxy) is 3. The monoisotopic (exact) mass is 403 g/mol. The molecule has 0 bridgehead atoms. The largest absolute Gasteiger partial charge is 0.493 e. The minimum atomic E-state index is 0.560. The van der Waals surface area contributed by atoms with Gasteiger partial charge >= 0.3 is 0 Å². The molecule has 4 rings (SSSR count). The van der Waals surface area contributed by atoms with Crippen molar-refractivity contribution >= 4 is 23.4 Å². The van der Waals surface area contributed by atoms with Gasteiger partial charge in [-0.05, 0) is 42.5 Å². The van der Waals surface area contributed by atoms with Gasteiger partial charge in [-0.25, -0.2) is 0 Å². The van der Waals surface area contributed by atoms with Crippen LogP contribution in [0.15, 0.2) is 47.6 Å². The van der Waals surface area contributed by atoms with Gasteiger partial charge in [0.15, 0.2) is 22.5 Å². The lowest BCUT2D eigenvalue weighted by Crippen LogP contribution is -2.15. The molecule has 0 N–H and O–H groups in total. The number of thioether (sulfide) groups is 1. The van der Waals surface area contributed by atoms with Crippen LogP contribution in [0.25, 0.3) is 11.4 Å². The zero-order valence-electron chi connectivity index (χ0n) is 14.7. The summed E-state index contributed by atoms with van der Waals surface area (Å²) in [6.07, 6.45) is 0. The quantitative estimate of drug-likeness (QED) is 0.456. The Labute approximate surface area is 166 Å². The van der Waals surface area contributed by atoms with Crippen molar-refractivity contribution in [2.75, 3.05) is 25.6 Å². The second kappa shape index (κ2) is 8.10. The fourth-order valence-corrected chi connectivity index (χ4v) is 3.55. The molecule has 0 radical (unpaired) electrons. The van der Waals surface area contributed by atoms with Crippen LogP contribution in [0.3, 0.4) is 0 Å². The third kappa shape index (κ3) is 4.14. The van der Waals surface area contributed by atoms with Crippen molar-refractivity contribution in [3.63, 3.8) is 0 Å². The third-order valence-electron chi connectivity index (χ3n) is 4.03. The van der Waals surface area contributed by atoms with Crippen LogP contribution in [0.1, 0.15) is 0 Å². The van der Waals surface area contributed by atoms with Crippen molar-refractivity contribution in [3.8, 4) is 28.6 Å². The number of hydrogen-bond acceptors (Lipinski definition) is 6. The van der Waals surface area contributed by atoms with Gasteiger partial charge in [0.2, 0.25) is 0 Å². The van der Waals surface area contributed by atoms with Crippen LogP contribution < -0.4 is 14.2 Å². The number of rotatable bonds is 6. The van der Waals surface area contributed by atoms with Crippen molar-refractivity contribution in [3.05, 3.63) is 47.5 Å². The van der Waals surface area contributed by atoms with Crippen LogP contribution in [0.4, 0.5) is 0 Å². The summed E-state index contributed by atoms with van der Waals surface area (Å²) in [5, 5.41) is 10.1. The highest BCUT2D eigenvalue weighted by atomic mass is 35.5. The Kier molecular flexibility index (Phi) is 5.40. The average Bonchev–Trinajstić information content (AvgIpc) is 3.07. The summed E-state index contributed by atoms with van der Waals surface area (Å²) in [4.78, 5) is 0. The maximum Gasteiger partial charge on any atom is 0.191 e. The van der Waals surface area contributed by atoms with E-state index in [2.05, 4.69) is 10.2 Å². The van der Waals surface area contributed by atoms with Crippen LogP contribution in [-0.2, 0) is 7.05 Å². The third-order valence-corrected chi connectivity index (χ3v) is 5.27. The normalized spacial score (nSPS) is 12.8. The lowest BCUT2D eigenvalue weighted by molar-refractivity contribution is 0.171. The summed E-state index contributed by atoms with van der Waals surface area (Å²) in [5.41, 5.74) is 0.943. The van der Waals surface area contributed by atoms with E-state index in [1.807, 2.05) is 54.1 Å². The number of benzene rings is 2. The number of nitrogens with zero attached hydrogens (tertiary/aromatic N) is 3. The van der Waals surface area contributed by atoms with Crippen LogP contribution in [0, 0.1) is 0 Å². The van der Waals surface area contributed by atoms with Gasteiger partial charge in [0, 0.05) is 23.4 Å². The van der Waals surface area contributed by atoms with E-state index in [0.717, 1.165) is 39.5 Å². The molecule has 2 heterocycles. The molecule has 1 aliphatic rings. The molecule has 0 saturated carbocycles. The Bertz CT molecular complexity index is 930. The highest BCUT2D eigenvalue weighted by molar-refractivity contribution is 7.99. The van der Waals surface area contributed by atoms with Crippen molar-refractivity contribution in [2.45, 2.75) is 5.16 Å². The topological polar surface area (TPSA) is 58.4 Å². The number of hydrogen-bond donors (Lipinski definition) is 0. The van der Waals surface area contributed by atoms with E-state index in [4.69, 9.17) is 25.8 Å². The first-order chi connectivity index (χ1) is 13.2. The van der Waals surface area contributed by atoms with Gasteiger partial charge in [-0.1, -0.05) is 23.4 Å². The van der Waals surface area contributed by atoms with Crippen molar-refractivity contribution < 1.29 is 14.2 Å². The van der Waals surface area contributed by atoms with E-state index in [9.17, 15) is 0 Å². The molecule has 0 unspecified atom stereocenters. The van der Waals surface area contributed by atoms with E-state index in [-0.39, 0.29) is 0 Å². The molecule has 3 aromatic rings. The second-order valence-electron chi connectivity index (χ2n) is 5.87. The molecule has 6 nitrogen and oxygen atoms in total. The fraction of sp³-hybridized carbons (Fsp3) is 0.263.